The van der Waals surface area contributed by atoms with E-state index in [-0.39, 0.29) is 30.4 Å². The van der Waals surface area contributed by atoms with Crippen LogP contribution in [0.1, 0.15) is 33.6 Å². The lowest BCUT2D eigenvalue weighted by molar-refractivity contribution is 0.0903. The molecule has 108 valence electrons. The molecule has 2 unspecified atom stereocenters. The molecule has 0 aromatic carbocycles. The minimum atomic E-state index is -3.19. The molecule has 0 amide bonds. The van der Waals surface area contributed by atoms with Crippen LogP contribution in [-0.4, -0.2) is 50.3 Å². The molecular formula is C12H26N2O3S. The maximum Gasteiger partial charge on any atom is 0.216 e. The Morgan fingerprint density at radius 1 is 1.44 bits per heavy atom. The molecule has 2 atom stereocenters. The van der Waals surface area contributed by atoms with Gasteiger partial charge in [-0.1, -0.05) is 13.3 Å². The summed E-state index contributed by atoms with van der Waals surface area (Å²) in [5.41, 5.74) is 5.99. The van der Waals surface area contributed by atoms with Gasteiger partial charge in [-0.2, -0.15) is 0 Å². The largest absolute Gasteiger partial charge is 0.378 e. The molecule has 5 nitrogen and oxygen atoms in total. The number of ether oxygens (including phenoxy) is 1. The topological polar surface area (TPSA) is 72.6 Å². The van der Waals surface area contributed by atoms with Gasteiger partial charge in [0.15, 0.2) is 0 Å². The van der Waals surface area contributed by atoms with Crippen molar-refractivity contribution in [1.82, 2.24) is 4.31 Å². The van der Waals surface area contributed by atoms with Crippen LogP contribution in [0.4, 0.5) is 0 Å². The average molecular weight is 278 g/mol. The van der Waals surface area contributed by atoms with E-state index in [1.54, 1.807) is 4.31 Å². The van der Waals surface area contributed by atoms with Crippen LogP contribution >= 0.6 is 0 Å². The highest BCUT2D eigenvalue weighted by molar-refractivity contribution is 7.89. The third-order valence-corrected chi connectivity index (χ3v) is 5.27. The van der Waals surface area contributed by atoms with E-state index in [2.05, 4.69) is 6.92 Å². The summed E-state index contributed by atoms with van der Waals surface area (Å²) in [7, 11) is -3.19. The first-order valence-electron chi connectivity index (χ1n) is 6.71. The van der Waals surface area contributed by atoms with Crippen LogP contribution in [0.25, 0.3) is 0 Å². The number of nitrogens with two attached hydrogens (primary N) is 1. The van der Waals surface area contributed by atoms with Crippen LogP contribution in [0, 0.1) is 5.92 Å². The summed E-state index contributed by atoms with van der Waals surface area (Å²) in [6.07, 6.45) is 1.75. The van der Waals surface area contributed by atoms with Gasteiger partial charge in [-0.05, 0) is 26.2 Å². The second-order valence-electron chi connectivity index (χ2n) is 5.21. The first kappa shape index (κ1) is 15.9. The summed E-state index contributed by atoms with van der Waals surface area (Å²) in [6, 6.07) is 0.133. The summed E-state index contributed by atoms with van der Waals surface area (Å²) in [4.78, 5) is 0. The molecule has 0 saturated carbocycles. The van der Waals surface area contributed by atoms with Gasteiger partial charge in [0.25, 0.3) is 0 Å². The van der Waals surface area contributed by atoms with Gasteiger partial charge in [-0.15, -0.1) is 0 Å². The summed E-state index contributed by atoms with van der Waals surface area (Å²) < 4.78 is 31.2. The van der Waals surface area contributed by atoms with Crippen molar-refractivity contribution in [3.05, 3.63) is 0 Å². The average Bonchev–Trinajstić information content (AvgIpc) is 2.28. The van der Waals surface area contributed by atoms with Crippen molar-refractivity contribution in [2.45, 2.75) is 45.8 Å². The summed E-state index contributed by atoms with van der Waals surface area (Å²) in [5.74, 6) is 0.344. The van der Waals surface area contributed by atoms with Crippen molar-refractivity contribution in [2.75, 3.05) is 25.4 Å². The second-order valence-corrected chi connectivity index (χ2v) is 7.30. The molecule has 1 saturated heterocycles. The Morgan fingerprint density at radius 2 is 2.11 bits per heavy atom. The Balaban J connectivity index is 2.52. The molecule has 0 radical (unpaired) electrons. The van der Waals surface area contributed by atoms with Crippen LogP contribution in [0.5, 0.6) is 0 Å². The molecule has 0 spiro atoms. The second kappa shape index (κ2) is 6.84. The Labute approximate surface area is 111 Å². The summed E-state index contributed by atoms with van der Waals surface area (Å²) in [6.45, 7) is 7.23. The standard InChI is InChI=1S/C12H26N2O3S/c1-4-11-9-14(6-5-12(11)13)18(15,16)8-7-17-10(2)3/h10-12H,4-9,13H2,1-3H3. The third-order valence-electron chi connectivity index (χ3n) is 3.47. The van der Waals surface area contributed by atoms with E-state index in [4.69, 9.17) is 10.5 Å². The van der Waals surface area contributed by atoms with E-state index < -0.39 is 10.0 Å². The minimum absolute atomic E-state index is 0.0663. The zero-order valence-electron chi connectivity index (χ0n) is 11.6. The molecule has 1 aliphatic rings. The molecule has 0 bridgehead atoms. The number of rotatable bonds is 6. The molecule has 0 aromatic rings. The van der Waals surface area contributed by atoms with Gasteiger partial charge in [0.1, 0.15) is 0 Å². The van der Waals surface area contributed by atoms with E-state index in [1.807, 2.05) is 13.8 Å². The van der Waals surface area contributed by atoms with Gasteiger partial charge in [-0.25, -0.2) is 12.7 Å². The normalized spacial score (nSPS) is 26.7. The molecular weight excluding hydrogens is 252 g/mol. The number of hydrogen-bond acceptors (Lipinski definition) is 4. The maximum absolute atomic E-state index is 12.1. The number of nitrogens with zero attached hydrogens (tertiary/aromatic N) is 1. The Morgan fingerprint density at radius 3 is 2.67 bits per heavy atom. The zero-order valence-corrected chi connectivity index (χ0v) is 12.4. The van der Waals surface area contributed by atoms with Gasteiger partial charge < -0.3 is 10.5 Å². The van der Waals surface area contributed by atoms with Crippen LogP contribution in [0.15, 0.2) is 0 Å². The highest BCUT2D eigenvalue weighted by Crippen LogP contribution is 2.21. The molecule has 1 aliphatic heterocycles. The van der Waals surface area contributed by atoms with Crippen LogP contribution in [0.2, 0.25) is 0 Å². The summed E-state index contributed by atoms with van der Waals surface area (Å²) in [5, 5.41) is 0. The van der Waals surface area contributed by atoms with Gasteiger partial charge in [0.2, 0.25) is 10.0 Å². The minimum Gasteiger partial charge on any atom is -0.378 e. The maximum atomic E-state index is 12.1. The van der Waals surface area contributed by atoms with Gasteiger partial charge >= 0.3 is 0 Å². The molecule has 1 fully saturated rings. The molecule has 2 N–H and O–H groups in total. The lowest BCUT2D eigenvalue weighted by Crippen LogP contribution is -2.49. The van der Waals surface area contributed by atoms with E-state index in [9.17, 15) is 8.42 Å². The number of piperidine rings is 1. The Kier molecular flexibility index (Phi) is 6.04. The first-order chi connectivity index (χ1) is 8.36. The van der Waals surface area contributed by atoms with Crippen molar-refractivity contribution in [3.8, 4) is 0 Å². The molecule has 6 heteroatoms. The summed E-state index contributed by atoms with van der Waals surface area (Å²) >= 11 is 0. The molecule has 1 rings (SSSR count). The van der Waals surface area contributed by atoms with E-state index in [0.717, 1.165) is 12.8 Å². The number of hydrogen-bond donors (Lipinski definition) is 1. The van der Waals surface area contributed by atoms with Crippen molar-refractivity contribution in [2.24, 2.45) is 11.7 Å². The molecule has 1 heterocycles. The van der Waals surface area contributed by atoms with Crippen LogP contribution in [0.3, 0.4) is 0 Å². The van der Waals surface area contributed by atoms with Gasteiger partial charge in [-0.3, -0.25) is 0 Å². The van der Waals surface area contributed by atoms with Gasteiger partial charge in [0.05, 0.1) is 18.5 Å². The predicted octanol–water partition coefficient (Wildman–Crippen LogP) is 0.800. The molecule has 0 aromatic heterocycles. The quantitative estimate of drug-likeness (QED) is 0.780. The zero-order chi connectivity index (χ0) is 13.8. The van der Waals surface area contributed by atoms with Crippen molar-refractivity contribution in [3.63, 3.8) is 0 Å². The van der Waals surface area contributed by atoms with Crippen LogP contribution in [-0.2, 0) is 14.8 Å². The highest BCUT2D eigenvalue weighted by atomic mass is 32.2. The fourth-order valence-corrected chi connectivity index (χ4v) is 3.59. The Bertz CT molecular complexity index is 343. The third kappa shape index (κ3) is 4.50. The highest BCUT2D eigenvalue weighted by Gasteiger charge is 2.31. The molecule has 0 aliphatic carbocycles. The van der Waals surface area contributed by atoms with Crippen molar-refractivity contribution < 1.29 is 13.2 Å². The monoisotopic (exact) mass is 278 g/mol. The molecule has 18 heavy (non-hydrogen) atoms. The SMILES string of the molecule is CCC1CN(S(=O)(=O)CCOC(C)C)CCC1N. The van der Waals surface area contributed by atoms with Crippen molar-refractivity contribution >= 4 is 10.0 Å². The lowest BCUT2D eigenvalue weighted by Gasteiger charge is -2.35. The lowest BCUT2D eigenvalue weighted by atomic mass is 9.92. The smallest absolute Gasteiger partial charge is 0.216 e. The van der Waals surface area contributed by atoms with E-state index in [0.29, 0.717) is 13.1 Å². The van der Waals surface area contributed by atoms with Crippen molar-refractivity contribution in [1.29, 1.82) is 0 Å². The van der Waals surface area contributed by atoms with E-state index >= 15 is 0 Å². The van der Waals surface area contributed by atoms with E-state index in [1.165, 1.54) is 0 Å². The fourth-order valence-electron chi connectivity index (χ4n) is 2.22. The van der Waals surface area contributed by atoms with Gasteiger partial charge in [0, 0.05) is 19.1 Å². The number of sulfonamides is 1. The first-order valence-corrected chi connectivity index (χ1v) is 8.32. The predicted molar refractivity (Wildman–Crippen MR) is 72.8 cm³/mol. The van der Waals surface area contributed by atoms with Crippen LogP contribution < -0.4 is 5.73 Å². The Hall–Kier alpha value is -0.170. The fraction of sp³-hybridized carbons (Fsp3) is 1.00.